The van der Waals surface area contributed by atoms with Crippen LogP contribution in [0.3, 0.4) is 0 Å². The average molecular weight is 496 g/mol. The number of carbonyl (C=O) groups is 2. The Morgan fingerprint density at radius 3 is 2.75 bits per heavy atom. The van der Waals surface area contributed by atoms with Gasteiger partial charge in [-0.05, 0) is 37.0 Å². The Kier molecular flexibility index (Phi) is 9.02. The predicted octanol–water partition coefficient (Wildman–Crippen LogP) is 4.49. The zero-order valence-electron chi connectivity index (χ0n) is 17.9. The van der Waals surface area contributed by atoms with Crippen LogP contribution >= 0.6 is 35.0 Å². The molecule has 1 heterocycles. The minimum absolute atomic E-state index is 0.00336. The Balaban J connectivity index is 1.58. The first-order chi connectivity index (χ1) is 15.4. The zero-order valence-corrected chi connectivity index (χ0v) is 20.3. The molecule has 10 heteroatoms. The molecule has 1 aromatic carbocycles. The van der Waals surface area contributed by atoms with Crippen LogP contribution in [0.15, 0.2) is 36.0 Å². The predicted molar refractivity (Wildman–Crippen MR) is 128 cm³/mol. The molecule has 1 saturated carbocycles. The Labute approximate surface area is 202 Å². The summed E-state index contributed by atoms with van der Waals surface area (Å²) in [7, 11) is 0. The van der Waals surface area contributed by atoms with Crippen LogP contribution in [-0.4, -0.2) is 38.4 Å². The van der Waals surface area contributed by atoms with Crippen LogP contribution in [0.25, 0.3) is 0 Å². The van der Waals surface area contributed by atoms with Gasteiger partial charge in [-0.3, -0.25) is 9.59 Å². The van der Waals surface area contributed by atoms with Crippen molar-refractivity contribution in [2.24, 2.45) is 5.92 Å². The first-order valence-corrected chi connectivity index (χ1v) is 12.3. The van der Waals surface area contributed by atoms with Gasteiger partial charge in [-0.1, -0.05) is 60.8 Å². The quantitative estimate of drug-likeness (QED) is 0.395. The van der Waals surface area contributed by atoms with E-state index in [0.29, 0.717) is 39.1 Å². The van der Waals surface area contributed by atoms with Crippen molar-refractivity contribution < 1.29 is 9.59 Å². The summed E-state index contributed by atoms with van der Waals surface area (Å²) in [5.41, 5.74) is 0.400. The second-order valence-electron chi connectivity index (χ2n) is 7.83. The molecule has 172 valence electrons. The Morgan fingerprint density at radius 2 is 2.03 bits per heavy atom. The molecular weight excluding hydrogens is 469 g/mol. The lowest BCUT2D eigenvalue weighted by atomic mass is 9.86. The molecule has 0 radical (unpaired) electrons. The second kappa shape index (κ2) is 11.7. The summed E-state index contributed by atoms with van der Waals surface area (Å²) in [6.07, 6.45) is 6.31. The van der Waals surface area contributed by atoms with Gasteiger partial charge < -0.3 is 15.2 Å². The fraction of sp³-hybridized carbons (Fsp3) is 0.455. The van der Waals surface area contributed by atoms with Gasteiger partial charge in [0.05, 0.1) is 22.3 Å². The molecule has 32 heavy (non-hydrogen) atoms. The number of hydrogen-bond donors (Lipinski definition) is 2. The number of amides is 2. The molecule has 2 N–H and O–H groups in total. The zero-order chi connectivity index (χ0) is 23.1. The molecule has 0 saturated heterocycles. The molecule has 1 aliphatic carbocycles. The van der Waals surface area contributed by atoms with Gasteiger partial charge in [0.2, 0.25) is 5.91 Å². The topological polar surface area (TPSA) is 88.9 Å². The first kappa shape index (κ1) is 24.6. The summed E-state index contributed by atoms with van der Waals surface area (Å²) in [5, 5.41) is 15.7. The van der Waals surface area contributed by atoms with Gasteiger partial charge in [-0.25, -0.2) is 0 Å². The van der Waals surface area contributed by atoms with Gasteiger partial charge in [0.25, 0.3) is 5.91 Å². The summed E-state index contributed by atoms with van der Waals surface area (Å²) >= 11 is 13.2. The lowest BCUT2D eigenvalue weighted by Gasteiger charge is -2.29. The molecular formula is C22H27Cl2N5O2S. The molecule has 7 nitrogen and oxygen atoms in total. The number of hydrogen-bond acceptors (Lipinski definition) is 5. The lowest BCUT2D eigenvalue weighted by molar-refractivity contribution is -0.119. The minimum atomic E-state index is -0.299. The van der Waals surface area contributed by atoms with Crippen molar-refractivity contribution in [1.29, 1.82) is 0 Å². The van der Waals surface area contributed by atoms with Crippen LogP contribution in [0.4, 0.5) is 0 Å². The van der Waals surface area contributed by atoms with E-state index in [9.17, 15) is 9.59 Å². The third kappa shape index (κ3) is 6.49. The fourth-order valence-electron chi connectivity index (χ4n) is 3.68. The molecule has 0 aliphatic heterocycles. The molecule has 1 aliphatic rings. The highest BCUT2D eigenvalue weighted by atomic mass is 35.5. The van der Waals surface area contributed by atoms with Crippen molar-refractivity contribution in [3.8, 4) is 0 Å². The monoisotopic (exact) mass is 495 g/mol. The molecule has 3 rings (SSSR count). The average Bonchev–Trinajstić information content (AvgIpc) is 3.16. The van der Waals surface area contributed by atoms with Crippen LogP contribution in [0.2, 0.25) is 10.0 Å². The van der Waals surface area contributed by atoms with Gasteiger partial charge >= 0.3 is 0 Å². The summed E-state index contributed by atoms with van der Waals surface area (Å²) in [6.45, 7) is 6.61. The SMILES string of the molecule is C=CCn1c(CNC(=O)c2ccc(Cl)c(Cl)c2)nnc1SCC(=O)N[C@@H]1CCCC[C@H]1C. The number of thioether (sulfide) groups is 1. The number of allylic oxidation sites excluding steroid dienone is 1. The minimum Gasteiger partial charge on any atom is -0.352 e. The van der Waals surface area contributed by atoms with E-state index in [0.717, 1.165) is 19.3 Å². The summed E-state index contributed by atoms with van der Waals surface area (Å²) in [6, 6.07) is 4.94. The Hall–Kier alpha value is -2.03. The lowest BCUT2D eigenvalue weighted by Crippen LogP contribution is -2.41. The summed E-state index contributed by atoms with van der Waals surface area (Å²) < 4.78 is 1.84. The summed E-state index contributed by atoms with van der Waals surface area (Å²) in [5.74, 6) is 1.03. The third-order valence-corrected chi connectivity index (χ3v) is 7.19. The molecule has 0 spiro atoms. The van der Waals surface area contributed by atoms with Crippen LogP contribution < -0.4 is 10.6 Å². The smallest absolute Gasteiger partial charge is 0.251 e. The maximum atomic E-state index is 12.4. The van der Waals surface area contributed by atoms with E-state index in [1.54, 1.807) is 18.2 Å². The van der Waals surface area contributed by atoms with Crippen LogP contribution in [0.1, 0.15) is 48.8 Å². The largest absolute Gasteiger partial charge is 0.352 e. The van der Waals surface area contributed by atoms with Gasteiger partial charge in [-0.15, -0.1) is 16.8 Å². The number of rotatable bonds is 9. The molecule has 0 unspecified atom stereocenters. The van der Waals surface area contributed by atoms with Gasteiger partial charge in [0.1, 0.15) is 0 Å². The maximum absolute atomic E-state index is 12.4. The Bertz CT molecular complexity index is 981. The van der Waals surface area contributed by atoms with Gasteiger partial charge in [0.15, 0.2) is 11.0 Å². The fourth-order valence-corrected chi connectivity index (χ4v) is 4.75. The highest BCUT2D eigenvalue weighted by Crippen LogP contribution is 2.25. The molecule has 1 fully saturated rings. The molecule has 2 atom stereocenters. The molecule has 2 amide bonds. The van der Waals surface area contributed by atoms with Crippen LogP contribution in [0.5, 0.6) is 0 Å². The highest BCUT2D eigenvalue weighted by Gasteiger charge is 2.23. The number of carbonyl (C=O) groups excluding carboxylic acids is 2. The van der Waals surface area contributed by atoms with E-state index in [1.807, 2.05) is 4.57 Å². The van der Waals surface area contributed by atoms with E-state index in [1.165, 1.54) is 24.2 Å². The van der Waals surface area contributed by atoms with E-state index < -0.39 is 0 Å². The number of halogens is 2. The van der Waals surface area contributed by atoms with Crippen molar-refractivity contribution in [3.05, 3.63) is 52.3 Å². The van der Waals surface area contributed by atoms with Crippen LogP contribution in [-0.2, 0) is 17.9 Å². The van der Waals surface area contributed by atoms with E-state index in [2.05, 4.69) is 34.3 Å². The van der Waals surface area contributed by atoms with E-state index in [-0.39, 0.29) is 30.2 Å². The number of nitrogens with zero attached hydrogens (tertiary/aromatic N) is 3. The molecule has 1 aromatic heterocycles. The van der Waals surface area contributed by atoms with E-state index >= 15 is 0 Å². The highest BCUT2D eigenvalue weighted by molar-refractivity contribution is 7.99. The van der Waals surface area contributed by atoms with Crippen molar-refractivity contribution in [2.45, 2.75) is 56.9 Å². The standard InChI is InChI=1S/C22H27Cl2N5O2S/c1-3-10-29-19(12-25-21(31)15-8-9-16(23)17(24)11-15)27-28-22(29)32-13-20(30)26-18-7-5-4-6-14(18)2/h3,8-9,11,14,18H,1,4-7,10,12-13H2,2H3,(H,25,31)(H,26,30)/t14-,18-/m1/s1. The van der Waals surface area contributed by atoms with Crippen molar-refractivity contribution in [1.82, 2.24) is 25.4 Å². The van der Waals surface area contributed by atoms with Crippen LogP contribution in [0, 0.1) is 5.92 Å². The van der Waals surface area contributed by atoms with Crippen molar-refractivity contribution in [2.75, 3.05) is 5.75 Å². The van der Waals surface area contributed by atoms with Crippen molar-refractivity contribution in [3.63, 3.8) is 0 Å². The van der Waals surface area contributed by atoms with Gasteiger partial charge in [0, 0.05) is 18.2 Å². The third-order valence-electron chi connectivity index (χ3n) is 5.48. The second-order valence-corrected chi connectivity index (χ2v) is 9.59. The number of nitrogens with one attached hydrogen (secondary N) is 2. The van der Waals surface area contributed by atoms with E-state index in [4.69, 9.17) is 23.2 Å². The summed E-state index contributed by atoms with van der Waals surface area (Å²) in [4.78, 5) is 24.9. The number of benzene rings is 1. The van der Waals surface area contributed by atoms with Gasteiger partial charge in [-0.2, -0.15) is 0 Å². The molecule has 2 aromatic rings. The first-order valence-electron chi connectivity index (χ1n) is 10.6. The normalized spacial score (nSPS) is 18.2. The molecule has 0 bridgehead atoms. The van der Waals surface area contributed by atoms with Crippen molar-refractivity contribution >= 4 is 46.8 Å². The Morgan fingerprint density at radius 1 is 1.25 bits per heavy atom. The maximum Gasteiger partial charge on any atom is 0.251 e. The number of aromatic nitrogens is 3.